The number of imidazole rings is 2. The number of nitrogens with one attached hydrogen (secondary N) is 2. The van der Waals surface area contributed by atoms with Gasteiger partial charge in [0.15, 0.2) is 28.9 Å². The molecule has 0 fully saturated rings. The van der Waals surface area contributed by atoms with E-state index in [1.807, 2.05) is 53.2 Å². The molecule has 5 aromatic rings. The van der Waals surface area contributed by atoms with Gasteiger partial charge in [-0.15, -0.1) is 0 Å². The summed E-state index contributed by atoms with van der Waals surface area (Å²) in [5.74, 6) is 2.29. The number of methoxy groups -OCH3 is 2. The van der Waals surface area contributed by atoms with Crippen molar-refractivity contribution in [2.45, 2.75) is 0 Å². The number of H-pyrrole nitrogens is 1. The quantitative estimate of drug-likeness (QED) is 0.412. The van der Waals surface area contributed by atoms with E-state index >= 15 is 0 Å². The Hall–Kier alpha value is -4.27. The molecule has 0 aliphatic carbocycles. The Balaban J connectivity index is 1.59. The number of fused-ring (bicyclic) bond motifs is 2. The zero-order chi connectivity index (χ0) is 20.7. The van der Waals surface area contributed by atoms with Gasteiger partial charge in [0.05, 0.1) is 30.9 Å². The minimum Gasteiger partial charge on any atom is -0.493 e. The Morgan fingerprint density at radius 2 is 1.90 bits per heavy atom. The highest BCUT2D eigenvalue weighted by Gasteiger charge is 2.12. The van der Waals surface area contributed by atoms with E-state index in [1.165, 1.54) is 0 Å². The van der Waals surface area contributed by atoms with Gasteiger partial charge in [-0.25, -0.2) is 15.0 Å². The van der Waals surface area contributed by atoms with Crippen LogP contribution in [0.5, 0.6) is 11.5 Å². The number of rotatable bonds is 5. The smallest absolute Gasteiger partial charge is 0.198 e. The van der Waals surface area contributed by atoms with Gasteiger partial charge in [0.2, 0.25) is 0 Å². The van der Waals surface area contributed by atoms with Gasteiger partial charge in [0.1, 0.15) is 0 Å². The van der Waals surface area contributed by atoms with Gasteiger partial charge in [0.25, 0.3) is 0 Å². The Morgan fingerprint density at radius 1 is 1.03 bits per heavy atom. The molecule has 3 heterocycles. The van der Waals surface area contributed by atoms with Crippen molar-refractivity contribution in [1.82, 2.24) is 24.3 Å². The average Bonchev–Trinajstić information content (AvgIpc) is 3.38. The first-order valence-electron chi connectivity index (χ1n) is 9.23. The lowest BCUT2D eigenvalue weighted by atomic mass is 10.1. The molecule has 4 N–H and O–H groups in total. The van der Waals surface area contributed by atoms with E-state index in [-0.39, 0.29) is 0 Å². The molecule has 0 unspecified atom stereocenters. The summed E-state index contributed by atoms with van der Waals surface area (Å²) in [6, 6.07) is 11.4. The standard InChI is InChI=1S/C21H19N7O2/c1-29-17-6-4-13(10-18(17)30-2)24-19-20-23-7-8-28(20)11-16(25-19)12-3-5-14-15(9-12)27-21(22)26-14/h3-11H,1-2H3,(H,24,25)(H3,22,26,27). The fourth-order valence-corrected chi connectivity index (χ4v) is 3.39. The van der Waals surface area contributed by atoms with Gasteiger partial charge in [-0.3, -0.25) is 0 Å². The third-order valence-corrected chi connectivity index (χ3v) is 4.82. The predicted octanol–water partition coefficient (Wildman–Crippen LogP) is 3.62. The molecule has 150 valence electrons. The number of hydrogen-bond donors (Lipinski definition) is 3. The first kappa shape index (κ1) is 17.8. The lowest BCUT2D eigenvalue weighted by molar-refractivity contribution is 0.355. The first-order chi connectivity index (χ1) is 14.6. The maximum atomic E-state index is 5.77. The monoisotopic (exact) mass is 401 g/mol. The van der Waals surface area contributed by atoms with Crippen LogP contribution < -0.4 is 20.5 Å². The third-order valence-electron chi connectivity index (χ3n) is 4.82. The van der Waals surface area contributed by atoms with Crippen LogP contribution in [0.4, 0.5) is 17.5 Å². The first-order valence-corrected chi connectivity index (χ1v) is 9.23. The normalized spacial score (nSPS) is 11.1. The Morgan fingerprint density at radius 3 is 2.73 bits per heavy atom. The number of nitrogens with two attached hydrogens (primary N) is 1. The summed E-state index contributed by atoms with van der Waals surface area (Å²) in [5, 5.41) is 3.34. The van der Waals surface area contributed by atoms with Gasteiger partial charge in [-0.05, 0) is 24.3 Å². The molecule has 5 rings (SSSR count). The van der Waals surface area contributed by atoms with Crippen LogP contribution in [0.3, 0.4) is 0 Å². The number of hydrogen-bond acceptors (Lipinski definition) is 7. The van der Waals surface area contributed by atoms with Crippen molar-refractivity contribution in [3.63, 3.8) is 0 Å². The number of aromatic amines is 1. The second-order valence-electron chi connectivity index (χ2n) is 6.68. The molecule has 2 aromatic carbocycles. The van der Waals surface area contributed by atoms with E-state index in [0.717, 1.165) is 28.0 Å². The number of anilines is 3. The molecule has 0 amide bonds. The molecule has 0 saturated heterocycles. The minimum atomic E-state index is 0.385. The summed E-state index contributed by atoms with van der Waals surface area (Å²) in [4.78, 5) is 16.5. The molecular formula is C21H19N7O2. The highest BCUT2D eigenvalue weighted by Crippen LogP contribution is 2.32. The Bertz CT molecular complexity index is 1370. The fourth-order valence-electron chi connectivity index (χ4n) is 3.39. The molecular weight excluding hydrogens is 382 g/mol. The lowest BCUT2D eigenvalue weighted by Gasteiger charge is -2.12. The summed E-state index contributed by atoms with van der Waals surface area (Å²) in [5.41, 5.74) is 10.7. The van der Waals surface area contributed by atoms with Gasteiger partial charge >= 0.3 is 0 Å². The summed E-state index contributed by atoms with van der Waals surface area (Å²) in [6.45, 7) is 0. The van der Waals surface area contributed by atoms with Gasteiger partial charge in [0, 0.05) is 35.9 Å². The van der Waals surface area contributed by atoms with Gasteiger partial charge in [-0.1, -0.05) is 6.07 Å². The molecule has 0 bridgehead atoms. The molecule has 0 aliphatic rings. The van der Waals surface area contributed by atoms with Crippen molar-refractivity contribution < 1.29 is 9.47 Å². The zero-order valence-corrected chi connectivity index (χ0v) is 16.4. The highest BCUT2D eigenvalue weighted by molar-refractivity contribution is 5.83. The fraction of sp³-hybridized carbons (Fsp3) is 0.0952. The van der Waals surface area contributed by atoms with E-state index in [0.29, 0.717) is 28.9 Å². The average molecular weight is 401 g/mol. The van der Waals surface area contributed by atoms with Crippen LogP contribution >= 0.6 is 0 Å². The molecule has 0 aliphatic heterocycles. The largest absolute Gasteiger partial charge is 0.493 e. The third kappa shape index (κ3) is 3.02. The molecule has 0 atom stereocenters. The van der Waals surface area contributed by atoms with Crippen LogP contribution in [0.2, 0.25) is 0 Å². The van der Waals surface area contributed by atoms with Crippen LogP contribution in [-0.2, 0) is 0 Å². The van der Waals surface area contributed by atoms with Crippen LogP contribution in [-0.4, -0.2) is 38.6 Å². The molecule has 0 spiro atoms. The van der Waals surface area contributed by atoms with Crippen molar-refractivity contribution in [2.75, 3.05) is 25.3 Å². The number of benzene rings is 2. The summed E-state index contributed by atoms with van der Waals surface area (Å²) < 4.78 is 12.6. The maximum absolute atomic E-state index is 5.77. The number of nitrogens with zero attached hydrogens (tertiary/aromatic N) is 4. The Labute approximate surface area is 171 Å². The molecule has 0 saturated carbocycles. The lowest BCUT2D eigenvalue weighted by Crippen LogP contribution is -2.01. The second-order valence-corrected chi connectivity index (χ2v) is 6.68. The van der Waals surface area contributed by atoms with Crippen LogP contribution in [0.15, 0.2) is 55.0 Å². The SMILES string of the molecule is COc1ccc(Nc2nc(-c3ccc4nc(N)[nH]c4c3)cn3ccnc23)cc1OC. The summed E-state index contributed by atoms with van der Waals surface area (Å²) in [7, 11) is 3.21. The maximum Gasteiger partial charge on any atom is 0.198 e. The van der Waals surface area contributed by atoms with Crippen LogP contribution in [0.25, 0.3) is 27.9 Å². The van der Waals surface area contributed by atoms with Crippen LogP contribution in [0.1, 0.15) is 0 Å². The van der Waals surface area contributed by atoms with E-state index in [1.54, 1.807) is 20.4 Å². The molecule has 0 radical (unpaired) electrons. The number of ether oxygens (including phenoxy) is 2. The van der Waals surface area contributed by atoms with E-state index in [9.17, 15) is 0 Å². The van der Waals surface area contributed by atoms with E-state index in [2.05, 4.69) is 20.3 Å². The molecule has 9 heteroatoms. The number of aromatic nitrogens is 5. The molecule has 9 nitrogen and oxygen atoms in total. The van der Waals surface area contributed by atoms with Crippen molar-refractivity contribution in [2.24, 2.45) is 0 Å². The van der Waals surface area contributed by atoms with Crippen molar-refractivity contribution >= 4 is 34.1 Å². The van der Waals surface area contributed by atoms with Crippen molar-refractivity contribution in [3.05, 3.63) is 55.0 Å². The Kier molecular flexibility index (Phi) is 4.13. The van der Waals surface area contributed by atoms with Crippen molar-refractivity contribution in [1.29, 1.82) is 0 Å². The van der Waals surface area contributed by atoms with E-state index < -0.39 is 0 Å². The van der Waals surface area contributed by atoms with Crippen LogP contribution in [0, 0.1) is 0 Å². The van der Waals surface area contributed by atoms with Crippen molar-refractivity contribution in [3.8, 4) is 22.8 Å². The zero-order valence-electron chi connectivity index (χ0n) is 16.4. The summed E-state index contributed by atoms with van der Waals surface area (Å²) >= 11 is 0. The predicted molar refractivity (Wildman–Crippen MR) is 115 cm³/mol. The molecule has 30 heavy (non-hydrogen) atoms. The van der Waals surface area contributed by atoms with Gasteiger partial charge in [-0.2, -0.15) is 0 Å². The highest BCUT2D eigenvalue weighted by atomic mass is 16.5. The molecule has 3 aromatic heterocycles. The number of nitrogen functional groups attached to an aromatic ring is 1. The van der Waals surface area contributed by atoms with Gasteiger partial charge < -0.3 is 29.9 Å². The minimum absolute atomic E-state index is 0.385. The second kappa shape index (κ2) is 6.96. The summed E-state index contributed by atoms with van der Waals surface area (Å²) in [6.07, 6.45) is 5.55. The van der Waals surface area contributed by atoms with E-state index in [4.69, 9.17) is 20.2 Å². The topological polar surface area (TPSA) is 115 Å².